The van der Waals surface area contributed by atoms with Crippen LogP contribution in [0.2, 0.25) is 0 Å². The van der Waals surface area contributed by atoms with Crippen molar-refractivity contribution in [2.75, 3.05) is 32.9 Å². The molecule has 3 amide bonds. The van der Waals surface area contributed by atoms with Gasteiger partial charge in [0, 0.05) is 18.8 Å². The van der Waals surface area contributed by atoms with E-state index >= 15 is 0 Å². The van der Waals surface area contributed by atoms with E-state index in [1.807, 2.05) is 25.9 Å². The van der Waals surface area contributed by atoms with Crippen LogP contribution >= 0.6 is 11.8 Å². The zero-order valence-corrected chi connectivity index (χ0v) is 14.0. The molecule has 5 nitrogen and oxygen atoms in total. The zero-order valence-electron chi connectivity index (χ0n) is 13.2. The highest BCUT2D eigenvalue weighted by Crippen LogP contribution is 2.45. The number of amides is 3. The second-order valence-electron chi connectivity index (χ2n) is 6.10. The summed E-state index contributed by atoms with van der Waals surface area (Å²) in [6.07, 6.45) is 0. The number of rotatable bonds is 4. The lowest BCUT2D eigenvalue weighted by Gasteiger charge is -2.23. The fourth-order valence-corrected chi connectivity index (χ4v) is 4.25. The molecule has 0 unspecified atom stereocenters. The zero-order chi connectivity index (χ0) is 15.9. The Kier molecular flexibility index (Phi) is 4.14. The van der Waals surface area contributed by atoms with E-state index in [2.05, 4.69) is 24.3 Å². The van der Waals surface area contributed by atoms with Gasteiger partial charge in [-0.1, -0.05) is 29.8 Å². The molecule has 0 aromatic heterocycles. The Morgan fingerprint density at radius 3 is 2.55 bits per heavy atom. The summed E-state index contributed by atoms with van der Waals surface area (Å²) in [6, 6.07) is 7.76. The Balaban J connectivity index is 1.80. The van der Waals surface area contributed by atoms with Gasteiger partial charge in [0.05, 0.1) is 0 Å². The van der Waals surface area contributed by atoms with E-state index in [9.17, 15) is 9.59 Å². The number of likely N-dealkylation sites (N-methyl/N-ethyl adjacent to an activating group) is 1. The molecule has 0 saturated carbocycles. The molecule has 2 aliphatic rings. The van der Waals surface area contributed by atoms with Crippen molar-refractivity contribution < 1.29 is 9.59 Å². The smallest absolute Gasteiger partial charge is 0.308 e. The topological polar surface area (TPSA) is 43.9 Å². The molecule has 6 heteroatoms. The Morgan fingerprint density at radius 2 is 1.91 bits per heavy atom. The molecule has 0 N–H and O–H groups in total. The first-order valence-corrected chi connectivity index (χ1v) is 8.50. The molecule has 2 heterocycles. The van der Waals surface area contributed by atoms with Gasteiger partial charge in [0.15, 0.2) is 0 Å². The number of aryl methyl sites for hydroxylation is 1. The van der Waals surface area contributed by atoms with Gasteiger partial charge in [0.1, 0.15) is 11.4 Å². The van der Waals surface area contributed by atoms with Gasteiger partial charge >= 0.3 is 6.03 Å². The van der Waals surface area contributed by atoms with Crippen LogP contribution in [0.3, 0.4) is 0 Å². The fourth-order valence-electron chi connectivity index (χ4n) is 2.84. The maximum Gasteiger partial charge on any atom is 0.328 e. The van der Waals surface area contributed by atoms with Gasteiger partial charge in [-0.05, 0) is 26.6 Å². The van der Waals surface area contributed by atoms with Gasteiger partial charge in [-0.15, -0.1) is 11.8 Å². The molecule has 1 aromatic carbocycles. The van der Waals surface area contributed by atoms with Crippen molar-refractivity contribution in [1.29, 1.82) is 0 Å². The van der Waals surface area contributed by atoms with Crippen molar-refractivity contribution >= 4 is 23.7 Å². The van der Waals surface area contributed by atoms with E-state index in [4.69, 9.17) is 0 Å². The van der Waals surface area contributed by atoms with Gasteiger partial charge in [-0.25, -0.2) is 4.79 Å². The SMILES string of the molecule is Cc1ccc([C@@H]2SC[C@H]3C(=O)N(CCN(C)C)C(=O)N32)cc1. The van der Waals surface area contributed by atoms with Crippen LogP contribution in [0.25, 0.3) is 0 Å². The average molecular weight is 319 g/mol. The normalized spacial score (nSPS) is 24.5. The number of benzene rings is 1. The molecule has 2 saturated heterocycles. The lowest BCUT2D eigenvalue weighted by Crippen LogP contribution is -2.38. The van der Waals surface area contributed by atoms with Gasteiger partial charge in [0.25, 0.3) is 5.91 Å². The number of carbonyl (C=O) groups excluding carboxylic acids is 2. The van der Waals surface area contributed by atoms with Gasteiger partial charge in [-0.3, -0.25) is 14.6 Å². The summed E-state index contributed by atoms with van der Waals surface area (Å²) in [6.45, 7) is 3.20. The van der Waals surface area contributed by atoms with E-state index < -0.39 is 0 Å². The van der Waals surface area contributed by atoms with Gasteiger partial charge in [-0.2, -0.15) is 0 Å². The molecule has 0 spiro atoms. The summed E-state index contributed by atoms with van der Waals surface area (Å²) < 4.78 is 0. The maximum atomic E-state index is 12.7. The molecule has 0 aliphatic carbocycles. The van der Waals surface area contributed by atoms with E-state index in [0.29, 0.717) is 18.8 Å². The van der Waals surface area contributed by atoms with Crippen molar-refractivity contribution in [2.45, 2.75) is 18.3 Å². The molecule has 1 aromatic rings. The average Bonchev–Trinajstić information content (AvgIpc) is 3.00. The van der Waals surface area contributed by atoms with Crippen molar-refractivity contribution in [3.63, 3.8) is 0 Å². The van der Waals surface area contributed by atoms with Crippen LogP contribution in [0, 0.1) is 6.92 Å². The summed E-state index contributed by atoms with van der Waals surface area (Å²) >= 11 is 1.67. The number of fused-ring (bicyclic) bond motifs is 1. The summed E-state index contributed by atoms with van der Waals surface area (Å²) in [7, 11) is 3.88. The highest BCUT2D eigenvalue weighted by atomic mass is 32.2. The predicted octanol–water partition coefficient (Wildman–Crippen LogP) is 1.93. The van der Waals surface area contributed by atoms with Crippen LogP contribution in [-0.2, 0) is 4.79 Å². The largest absolute Gasteiger partial charge is 0.328 e. The Bertz CT molecular complexity index is 588. The maximum absolute atomic E-state index is 12.7. The predicted molar refractivity (Wildman–Crippen MR) is 87.7 cm³/mol. The molecule has 0 radical (unpaired) electrons. The van der Waals surface area contributed by atoms with Crippen LogP contribution in [-0.4, -0.2) is 65.6 Å². The molecule has 2 fully saturated rings. The minimum absolute atomic E-state index is 0.0473. The minimum Gasteiger partial charge on any atom is -0.308 e. The summed E-state index contributed by atoms with van der Waals surface area (Å²) in [5.41, 5.74) is 2.29. The third-order valence-corrected chi connectivity index (χ3v) is 5.46. The molecular formula is C16H21N3O2S. The van der Waals surface area contributed by atoms with Crippen molar-refractivity contribution in [2.24, 2.45) is 0 Å². The lowest BCUT2D eigenvalue weighted by molar-refractivity contribution is -0.127. The van der Waals surface area contributed by atoms with E-state index in [1.54, 1.807) is 16.7 Å². The van der Waals surface area contributed by atoms with E-state index in [-0.39, 0.29) is 23.4 Å². The fraction of sp³-hybridized carbons (Fsp3) is 0.500. The first-order valence-electron chi connectivity index (χ1n) is 7.45. The molecule has 22 heavy (non-hydrogen) atoms. The van der Waals surface area contributed by atoms with Crippen molar-refractivity contribution in [3.8, 4) is 0 Å². The number of hydrogen-bond acceptors (Lipinski definition) is 4. The lowest BCUT2D eigenvalue weighted by atomic mass is 10.1. The van der Waals surface area contributed by atoms with Crippen LogP contribution < -0.4 is 0 Å². The summed E-state index contributed by atoms with van der Waals surface area (Å²) in [5.74, 6) is 0.635. The molecule has 118 valence electrons. The number of carbonyl (C=O) groups is 2. The first kappa shape index (κ1) is 15.4. The van der Waals surface area contributed by atoms with E-state index in [0.717, 1.165) is 5.56 Å². The van der Waals surface area contributed by atoms with Gasteiger partial charge in [0.2, 0.25) is 0 Å². The third kappa shape index (κ3) is 2.61. The second-order valence-corrected chi connectivity index (χ2v) is 7.21. The quantitative estimate of drug-likeness (QED) is 0.796. The highest BCUT2D eigenvalue weighted by molar-refractivity contribution is 7.99. The Morgan fingerprint density at radius 1 is 1.23 bits per heavy atom. The summed E-state index contributed by atoms with van der Waals surface area (Å²) in [5, 5.41) is -0.0496. The van der Waals surface area contributed by atoms with Crippen molar-refractivity contribution in [3.05, 3.63) is 35.4 Å². The van der Waals surface area contributed by atoms with Crippen LogP contribution in [0.4, 0.5) is 4.79 Å². The number of thioether (sulfide) groups is 1. The van der Waals surface area contributed by atoms with Crippen LogP contribution in [0.5, 0.6) is 0 Å². The molecule has 2 atom stereocenters. The molecule has 0 bridgehead atoms. The van der Waals surface area contributed by atoms with Crippen molar-refractivity contribution in [1.82, 2.24) is 14.7 Å². The Labute approximate surface area is 135 Å². The first-order chi connectivity index (χ1) is 10.5. The minimum atomic E-state index is -0.300. The highest BCUT2D eigenvalue weighted by Gasteiger charge is 2.52. The van der Waals surface area contributed by atoms with Gasteiger partial charge < -0.3 is 4.90 Å². The molecular weight excluding hydrogens is 298 g/mol. The number of urea groups is 1. The third-order valence-electron chi connectivity index (χ3n) is 4.14. The second kappa shape index (κ2) is 5.93. The summed E-state index contributed by atoms with van der Waals surface area (Å²) in [4.78, 5) is 30.3. The van der Waals surface area contributed by atoms with E-state index in [1.165, 1.54) is 10.5 Å². The monoisotopic (exact) mass is 319 g/mol. The molecule has 2 aliphatic heterocycles. The number of nitrogens with zero attached hydrogens (tertiary/aromatic N) is 3. The Hall–Kier alpha value is -1.53. The van der Waals surface area contributed by atoms with Crippen LogP contribution in [0.15, 0.2) is 24.3 Å². The standard InChI is InChI=1S/C16H21N3O2S/c1-11-4-6-12(7-5-11)15-19-13(10-22-15)14(20)18(16(19)21)9-8-17(2)3/h4-7,13,15H,8-10H2,1-3H3/t13-,15-/m0/s1. The van der Waals surface area contributed by atoms with Crippen LogP contribution in [0.1, 0.15) is 16.5 Å². The number of imide groups is 1. The number of hydrogen-bond donors (Lipinski definition) is 0. The molecule has 3 rings (SSSR count).